The summed E-state index contributed by atoms with van der Waals surface area (Å²) in [5, 5.41) is 29.6. The molecule has 0 spiro atoms. The molecule has 0 atom stereocenters. The number of hydrogen-bond donors (Lipinski definition) is 1. The molecule has 0 bridgehead atoms. The maximum atomic E-state index is 13.0. The molecule has 1 N–H and O–H groups in total. The van der Waals surface area contributed by atoms with Crippen LogP contribution in [0.25, 0.3) is 5.95 Å². The molecule has 1 aromatic carbocycles. The van der Waals surface area contributed by atoms with Gasteiger partial charge in [0.15, 0.2) is 0 Å². The summed E-state index contributed by atoms with van der Waals surface area (Å²) in [4.78, 5) is 42.2. The molecule has 0 aliphatic carbocycles. The Bertz CT molecular complexity index is 1180. The number of hydrogen-bond acceptors (Lipinski definition) is 8. The van der Waals surface area contributed by atoms with E-state index in [1.54, 1.807) is 12.1 Å². The van der Waals surface area contributed by atoms with Crippen molar-refractivity contribution in [3.63, 3.8) is 0 Å². The third-order valence-electron chi connectivity index (χ3n) is 4.48. The van der Waals surface area contributed by atoms with Gasteiger partial charge in [0.05, 0.1) is 27.2 Å². The van der Waals surface area contributed by atoms with Crippen LogP contribution < -0.4 is 5.32 Å². The average molecular weight is 425 g/mol. The fourth-order valence-corrected chi connectivity index (χ4v) is 2.79. The number of anilines is 1. The summed E-state index contributed by atoms with van der Waals surface area (Å²) < 4.78 is 1.33. The van der Waals surface area contributed by atoms with Crippen LogP contribution in [0.15, 0.2) is 36.7 Å². The number of carbonyl (C=O) groups is 1. The van der Waals surface area contributed by atoms with Gasteiger partial charge < -0.3 is 5.32 Å². The number of amides is 1. The third-order valence-corrected chi connectivity index (χ3v) is 4.48. The Kier molecular flexibility index (Phi) is 5.47. The van der Waals surface area contributed by atoms with E-state index in [0.717, 1.165) is 12.1 Å². The lowest BCUT2D eigenvalue weighted by Crippen LogP contribution is -2.18. The van der Waals surface area contributed by atoms with E-state index in [-0.39, 0.29) is 28.3 Å². The SMILES string of the molecule is Cc1c(C(=O)Nc2cc(C(C)(C)C)nn2-c2ncccn2)cc([N+](=O)[O-])cc1[N+](=O)[O-]. The van der Waals surface area contributed by atoms with Gasteiger partial charge in [0.2, 0.25) is 0 Å². The molecule has 0 aliphatic heterocycles. The second-order valence-corrected chi connectivity index (χ2v) is 7.73. The topological polar surface area (TPSA) is 159 Å². The predicted octanol–water partition coefficient (Wildman–Crippen LogP) is 3.34. The van der Waals surface area contributed by atoms with Crippen LogP contribution in [0, 0.1) is 27.2 Å². The molecule has 0 unspecified atom stereocenters. The summed E-state index contributed by atoms with van der Waals surface area (Å²) in [7, 11) is 0. The molecular formula is C19H19N7O5. The summed E-state index contributed by atoms with van der Waals surface area (Å²) in [6.07, 6.45) is 3.03. The number of carbonyl (C=O) groups excluding carboxylic acids is 1. The van der Waals surface area contributed by atoms with Crippen LogP contribution >= 0.6 is 0 Å². The zero-order valence-corrected chi connectivity index (χ0v) is 17.2. The van der Waals surface area contributed by atoms with Crippen molar-refractivity contribution in [3.8, 4) is 5.95 Å². The van der Waals surface area contributed by atoms with Gasteiger partial charge in [-0.25, -0.2) is 9.97 Å². The van der Waals surface area contributed by atoms with Crippen molar-refractivity contribution in [2.24, 2.45) is 0 Å². The van der Waals surface area contributed by atoms with E-state index in [4.69, 9.17) is 0 Å². The van der Waals surface area contributed by atoms with Gasteiger partial charge in [-0.3, -0.25) is 25.0 Å². The van der Waals surface area contributed by atoms with E-state index in [1.807, 2.05) is 20.8 Å². The van der Waals surface area contributed by atoms with E-state index in [9.17, 15) is 25.0 Å². The Hall–Kier alpha value is -4.22. The molecule has 31 heavy (non-hydrogen) atoms. The van der Waals surface area contributed by atoms with E-state index in [2.05, 4.69) is 20.4 Å². The molecule has 2 heterocycles. The molecular weight excluding hydrogens is 406 g/mol. The van der Waals surface area contributed by atoms with Gasteiger partial charge in [0.1, 0.15) is 5.82 Å². The van der Waals surface area contributed by atoms with Crippen LogP contribution in [0.5, 0.6) is 0 Å². The van der Waals surface area contributed by atoms with Crippen LogP contribution in [0.4, 0.5) is 17.2 Å². The monoisotopic (exact) mass is 425 g/mol. The number of benzene rings is 1. The van der Waals surface area contributed by atoms with Crippen molar-refractivity contribution in [3.05, 3.63) is 73.7 Å². The summed E-state index contributed by atoms with van der Waals surface area (Å²) in [5.41, 5.74) is -0.991. The van der Waals surface area contributed by atoms with Crippen LogP contribution in [0.2, 0.25) is 0 Å². The minimum absolute atomic E-state index is 0.00571. The highest BCUT2D eigenvalue weighted by Gasteiger charge is 2.27. The summed E-state index contributed by atoms with van der Waals surface area (Å²) in [5.74, 6) is -0.341. The van der Waals surface area contributed by atoms with Crippen LogP contribution in [0.3, 0.4) is 0 Å². The molecule has 3 rings (SSSR count). The number of nitrogens with one attached hydrogen (secondary N) is 1. The summed E-state index contributed by atoms with van der Waals surface area (Å²) in [6.45, 7) is 7.16. The highest BCUT2D eigenvalue weighted by atomic mass is 16.6. The van der Waals surface area contributed by atoms with Crippen LogP contribution in [-0.4, -0.2) is 35.5 Å². The Balaban J connectivity index is 2.09. The van der Waals surface area contributed by atoms with Crippen LogP contribution in [-0.2, 0) is 5.41 Å². The highest BCUT2D eigenvalue weighted by Crippen LogP contribution is 2.30. The lowest BCUT2D eigenvalue weighted by molar-refractivity contribution is -0.394. The van der Waals surface area contributed by atoms with Gasteiger partial charge in [-0.05, 0) is 13.0 Å². The molecule has 2 aromatic heterocycles. The first-order valence-corrected chi connectivity index (χ1v) is 9.11. The zero-order valence-electron chi connectivity index (χ0n) is 17.2. The van der Waals surface area contributed by atoms with E-state index in [1.165, 1.54) is 24.0 Å². The van der Waals surface area contributed by atoms with Gasteiger partial charge >= 0.3 is 0 Å². The fraction of sp³-hybridized carbons (Fsp3) is 0.263. The molecule has 0 saturated heterocycles. The van der Waals surface area contributed by atoms with Crippen molar-refractivity contribution in [1.29, 1.82) is 0 Å². The van der Waals surface area contributed by atoms with Gasteiger partial charge in [-0.2, -0.15) is 9.78 Å². The third kappa shape index (κ3) is 4.37. The Morgan fingerprint density at radius 3 is 2.26 bits per heavy atom. The number of rotatable bonds is 5. The zero-order chi connectivity index (χ0) is 22.9. The number of aromatic nitrogens is 4. The Morgan fingerprint density at radius 2 is 1.71 bits per heavy atom. The molecule has 0 aliphatic rings. The minimum atomic E-state index is -0.789. The molecule has 1 amide bonds. The second-order valence-electron chi connectivity index (χ2n) is 7.73. The molecule has 12 heteroatoms. The molecule has 3 aromatic rings. The lowest BCUT2D eigenvalue weighted by Gasteiger charge is -2.13. The minimum Gasteiger partial charge on any atom is -0.306 e. The highest BCUT2D eigenvalue weighted by molar-refractivity contribution is 6.06. The summed E-state index contributed by atoms with van der Waals surface area (Å²) in [6, 6.07) is 5.09. The number of non-ortho nitro benzene ring substituents is 1. The van der Waals surface area contributed by atoms with Crippen molar-refractivity contribution < 1.29 is 14.6 Å². The predicted molar refractivity (Wildman–Crippen MR) is 110 cm³/mol. The largest absolute Gasteiger partial charge is 0.306 e. The van der Waals surface area contributed by atoms with Gasteiger partial charge in [-0.15, -0.1) is 0 Å². The van der Waals surface area contributed by atoms with E-state index < -0.39 is 27.1 Å². The van der Waals surface area contributed by atoms with Gasteiger partial charge in [0.25, 0.3) is 23.2 Å². The first-order valence-electron chi connectivity index (χ1n) is 9.11. The molecule has 0 radical (unpaired) electrons. The smallest absolute Gasteiger partial charge is 0.279 e. The van der Waals surface area contributed by atoms with Crippen molar-refractivity contribution in [1.82, 2.24) is 19.7 Å². The normalized spacial score (nSPS) is 11.2. The number of nitro groups is 2. The second kappa shape index (κ2) is 7.89. The van der Waals surface area contributed by atoms with Crippen molar-refractivity contribution in [2.45, 2.75) is 33.1 Å². The van der Waals surface area contributed by atoms with Crippen LogP contribution in [0.1, 0.15) is 42.4 Å². The maximum Gasteiger partial charge on any atom is 0.279 e. The average Bonchev–Trinajstić information content (AvgIpc) is 3.12. The maximum absolute atomic E-state index is 13.0. The quantitative estimate of drug-likeness (QED) is 0.481. The van der Waals surface area contributed by atoms with Crippen molar-refractivity contribution in [2.75, 3.05) is 5.32 Å². The van der Waals surface area contributed by atoms with Crippen molar-refractivity contribution >= 4 is 23.1 Å². The first-order chi connectivity index (χ1) is 14.5. The molecule has 0 fully saturated rings. The lowest BCUT2D eigenvalue weighted by atomic mass is 9.92. The van der Waals surface area contributed by atoms with E-state index >= 15 is 0 Å². The fourth-order valence-electron chi connectivity index (χ4n) is 2.79. The first kappa shape index (κ1) is 21.5. The summed E-state index contributed by atoms with van der Waals surface area (Å²) >= 11 is 0. The Morgan fingerprint density at radius 1 is 1.06 bits per heavy atom. The Labute approximate surface area is 176 Å². The molecule has 0 saturated carbocycles. The number of nitrogens with zero attached hydrogens (tertiary/aromatic N) is 6. The van der Waals surface area contributed by atoms with Gasteiger partial charge in [0, 0.05) is 35.5 Å². The standard InChI is InChI=1S/C19H19N7O5/c1-11-13(8-12(25(28)29)9-14(11)26(30)31)17(27)22-16-10-15(19(2,3)4)23-24(16)18-20-6-5-7-21-18/h5-10H,1-4H3,(H,22,27). The molecule has 160 valence electrons. The van der Waals surface area contributed by atoms with Gasteiger partial charge in [-0.1, -0.05) is 20.8 Å². The molecule has 12 nitrogen and oxygen atoms in total. The van der Waals surface area contributed by atoms with E-state index in [0.29, 0.717) is 5.69 Å². The number of nitro benzene ring substituents is 2.